The molecule has 0 unspecified atom stereocenters. The molecule has 2 atom stereocenters. The summed E-state index contributed by atoms with van der Waals surface area (Å²) in [6.07, 6.45) is 3.82. The highest BCUT2D eigenvalue weighted by atomic mass is 15.2. The zero-order valence-corrected chi connectivity index (χ0v) is 12.2. The van der Waals surface area contributed by atoms with E-state index in [1.165, 1.54) is 30.4 Å². The lowest BCUT2D eigenvalue weighted by Crippen LogP contribution is -2.35. The fraction of sp³-hybridized carbons (Fsp3) is 0.368. The lowest BCUT2D eigenvalue weighted by molar-refractivity contribution is 0.192. The van der Waals surface area contributed by atoms with Gasteiger partial charge in [0.1, 0.15) is 0 Å². The van der Waals surface area contributed by atoms with E-state index in [0.717, 1.165) is 6.54 Å². The zero-order chi connectivity index (χ0) is 13.8. The molecule has 0 radical (unpaired) electrons. The molecule has 0 N–H and O–H groups in total. The highest BCUT2D eigenvalue weighted by Gasteiger charge is 2.30. The highest BCUT2D eigenvalue weighted by molar-refractivity contribution is 5.18. The van der Waals surface area contributed by atoms with Crippen LogP contribution in [0.1, 0.15) is 30.9 Å². The van der Waals surface area contributed by atoms with Gasteiger partial charge in [-0.15, -0.1) is 0 Å². The average Bonchev–Trinajstić information content (AvgIpc) is 2.83. The van der Waals surface area contributed by atoms with Crippen molar-refractivity contribution in [2.45, 2.75) is 44.8 Å². The van der Waals surface area contributed by atoms with Gasteiger partial charge in [-0.1, -0.05) is 60.7 Å². The molecule has 1 saturated heterocycles. The Morgan fingerprint density at radius 3 is 2.10 bits per heavy atom. The van der Waals surface area contributed by atoms with Crippen LogP contribution in [-0.2, 0) is 13.0 Å². The monoisotopic (exact) mass is 265 g/mol. The van der Waals surface area contributed by atoms with Crippen LogP contribution in [0.3, 0.4) is 0 Å². The first-order valence-corrected chi connectivity index (χ1v) is 7.66. The van der Waals surface area contributed by atoms with Crippen molar-refractivity contribution in [2.24, 2.45) is 0 Å². The Morgan fingerprint density at radius 2 is 1.45 bits per heavy atom. The van der Waals surface area contributed by atoms with Crippen LogP contribution in [0.2, 0.25) is 0 Å². The molecule has 0 aromatic heterocycles. The van der Waals surface area contributed by atoms with Gasteiger partial charge in [0.15, 0.2) is 0 Å². The molecule has 2 aromatic carbocycles. The molecule has 0 saturated carbocycles. The van der Waals surface area contributed by atoms with E-state index in [9.17, 15) is 0 Å². The summed E-state index contributed by atoms with van der Waals surface area (Å²) in [5, 5.41) is 0. The van der Waals surface area contributed by atoms with Crippen molar-refractivity contribution in [3.63, 3.8) is 0 Å². The lowest BCUT2D eigenvalue weighted by Gasteiger charge is -2.28. The van der Waals surface area contributed by atoms with E-state index >= 15 is 0 Å². The Bertz CT molecular complexity index is 520. The lowest BCUT2D eigenvalue weighted by atomic mass is 10.0. The molecular weight excluding hydrogens is 242 g/mol. The first kappa shape index (κ1) is 13.4. The molecular formula is C19H23N. The molecule has 1 nitrogen and oxygen atoms in total. The van der Waals surface area contributed by atoms with Gasteiger partial charge in [0.05, 0.1) is 0 Å². The molecule has 1 heterocycles. The van der Waals surface area contributed by atoms with E-state index in [0.29, 0.717) is 12.1 Å². The molecule has 1 aliphatic heterocycles. The number of rotatable bonds is 4. The van der Waals surface area contributed by atoms with Crippen LogP contribution >= 0.6 is 0 Å². The van der Waals surface area contributed by atoms with Crippen molar-refractivity contribution >= 4 is 0 Å². The first-order chi connectivity index (χ1) is 9.83. The third kappa shape index (κ3) is 3.10. The van der Waals surface area contributed by atoms with E-state index in [2.05, 4.69) is 72.5 Å². The number of benzene rings is 2. The number of nitrogens with zero attached hydrogens (tertiary/aromatic N) is 1. The molecule has 0 bridgehead atoms. The van der Waals surface area contributed by atoms with E-state index in [-0.39, 0.29) is 0 Å². The maximum atomic E-state index is 2.68. The second kappa shape index (κ2) is 6.23. The minimum absolute atomic E-state index is 0.688. The molecule has 0 aliphatic carbocycles. The number of hydrogen-bond donors (Lipinski definition) is 0. The summed E-state index contributed by atoms with van der Waals surface area (Å²) in [5.41, 5.74) is 2.89. The second-order valence-corrected chi connectivity index (χ2v) is 5.93. The normalized spacial score (nSPS) is 23.1. The maximum absolute atomic E-state index is 2.68. The summed E-state index contributed by atoms with van der Waals surface area (Å²) in [6.45, 7) is 3.45. The van der Waals surface area contributed by atoms with Crippen molar-refractivity contribution in [3.8, 4) is 0 Å². The van der Waals surface area contributed by atoms with E-state index in [4.69, 9.17) is 0 Å². The van der Waals surface area contributed by atoms with Gasteiger partial charge in [0.25, 0.3) is 0 Å². The van der Waals surface area contributed by atoms with E-state index < -0.39 is 0 Å². The Morgan fingerprint density at radius 1 is 0.850 bits per heavy atom. The zero-order valence-electron chi connectivity index (χ0n) is 12.2. The molecule has 2 aromatic rings. The number of likely N-dealkylation sites (tertiary alicyclic amines) is 1. The van der Waals surface area contributed by atoms with Gasteiger partial charge in [-0.25, -0.2) is 0 Å². The average molecular weight is 265 g/mol. The molecule has 1 fully saturated rings. The summed E-state index contributed by atoms with van der Waals surface area (Å²) in [6, 6.07) is 23.1. The van der Waals surface area contributed by atoms with Gasteiger partial charge in [-0.05, 0) is 37.3 Å². The minimum Gasteiger partial charge on any atom is -0.293 e. The van der Waals surface area contributed by atoms with E-state index in [1.807, 2.05) is 0 Å². The predicted molar refractivity (Wildman–Crippen MR) is 84.6 cm³/mol. The molecule has 1 aliphatic rings. The summed E-state index contributed by atoms with van der Waals surface area (Å²) >= 11 is 0. The van der Waals surface area contributed by atoms with Crippen molar-refractivity contribution in [1.29, 1.82) is 0 Å². The third-order valence-corrected chi connectivity index (χ3v) is 4.47. The molecule has 0 spiro atoms. The summed E-state index contributed by atoms with van der Waals surface area (Å²) in [4.78, 5) is 2.68. The van der Waals surface area contributed by atoms with Crippen molar-refractivity contribution in [3.05, 3.63) is 71.8 Å². The van der Waals surface area contributed by atoms with Crippen molar-refractivity contribution in [2.75, 3.05) is 0 Å². The molecule has 1 heteroatoms. The summed E-state index contributed by atoms with van der Waals surface area (Å²) < 4.78 is 0. The van der Waals surface area contributed by atoms with Crippen LogP contribution in [0.15, 0.2) is 60.7 Å². The molecule has 3 rings (SSSR count). The Hall–Kier alpha value is -1.60. The van der Waals surface area contributed by atoms with Crippen molar-refractivity contribution in [1.82, 2.24) is 4.90 Å². The van der Waals surface area contributed by atoms with Gasteiger partial charge in [0, 0.05) is 18.6 Å². The Kier molecular flexibility index (Phi) is 4.17. The Balaban J connectivity index is 1.70. The molecule has 20 heavy (non-hydrogen) atoms. The van der Waals surface area contributed by atoms with Gasteiger partial charge in [-0.2, -0.15) is 0 Å². The summed E-state index contributed by atoms with van der Waals surface area (Å²) in [5.74, 6) is 0. The van der Waals surface area contributed by atoms with Crippen LogP contribution in [0.25, 0.3) is 0 Å². The van der Waals surface area contributed by atoms with Gasteiger partial charge < -0.3 is 0 Å². The van der Waals surface area contributed by atoms with Crippen LogP contribution in [0, 0.1) is 0 Å². The van der Waals surface area contributed by atoms with Gasteiger partial charge in [-0.3, -0.25) is 4.90 Å². The second-order valence-electron chi connectivity index (χ2n) is 5.93. The highest BCUT2D eigenvalue weighted by Crippen LogP contribution is 2.28. The maximum Gasteiger partial charge on any atom is 0.0239 e. The fourth-order valence-electron chi connectivity index (χ4n) is 3.31. The molecule has 0 amide bonds. The smallest absolute Gasteiger partial charge is 0.0239 e. The van der Waals surface area contributed by atoms with Crippen LogP contribution in [0.5, 0.6) is 0 Å². The molecule has 104 valence electrons. The van der Waals surface area contributed by atoms with Crippen molar-refractivity contribution < 1.29 is 0 Å². The third-order valence-electron chi connectivity index (χ3n) is 4.47. The van der Waals surface area contributed by atoms with Gasteiger partial charge in [0.2, 0.25) is 0 Å². The minimum atomic E-state index is 0.688. The predicted octanol–water partition coefficient (Wildman–Crippen LogP) is 4.28. The van der Waals surface area contributed by atoms with Crippen LogP contribution in [0.4, 0.5) is 0 Å². The van der Waals surface area contributed by atoms with Crippen LogP contribution < -0.4 is 0 Å². The Labute approximate surface area is 122 Å². The number of hydrogen-bond acceptors (Lipinski definition) is 1. The van der Waals surface area contributed by atoms with Gasteiger partial charge >= 0.3 is 0 Å². The topological polar surface area (TPSA) is 3.24 Å². The summed E-state index contributed by atoms with van der Waals surface area (Å²) in [7, 11) is 0. The fourth-order valence-corrected chi connectivity index (χ4v) is 3.31. The van der Waals surface area contributed by atoms with Crippen LogP contribution in [-0.4, -0.2) is 17.0 Å². The van der Waals surface area contributed by atoms with E-state index in [1.54, 1.807) is 0 Å². The SMILES string of the molecule is C[C@@H]1CC[C@@H](Cc2ccccc2)N1Cc1ccccc1. The quantitative estimate of drug-likeness (QED) is 0.797. The standard InChI is InChI=1S/C19H23N/c1-16-12-13-19(14-17-8-4-2-5-9-17)20(16)15-18-10-6-3-7-11-18/h2-11,16,19H,12-15H2,1H3/t16-,19+/m1/s1. The first-order valence-electron chi connectivity index (χ1n) is 7.66. The largest absolute Gasteiger partial charge is 0.293 e.